The van der Waals surface area contributed by atoms with Gasteiger partial charge in [-0.05, 0) is 25.3 Å². The number of hydrogen-bond acceptors (Lipinski definition) is 1. The van der Waals surface area contributed by atoms with Crippen LogP contribution in [0.1, 0.15) is 33.1 Å². The molecule has 0 saturated heterocycles. The normalized spacial score (nSPS) is 13.4. The summed E-state index contributed by atoms with van der Waals surface area (Å²) in [5, 5.41) is 13.1. The van der Waals surface area contributed by atoms with Crippen molar-refractivity contribution >= 4 is 0 Å². The zero-order valence-corrected chi connectivity index (χ0v) is 7.73. The topological polar surface area (TPSA) is 31.9 Å². The summed E-state index contributed by atoms with van der Waals surface area (Å²) < 4.78 is 0. The zero-order chi connectivity index (χ0) is 8.53. The van der Waals surface area contributed by atoms with E-state index in [1.54, 1.807) is 0 Å². The molecule has 67 valence electrons. The molecule has 0 aliphatic carbocycles. The lowest BCUT2D eigenvalue weighted by molar-refractivity contribution is 0.194. The van der Waals surface area contributed by atoms with Crippen LogP contribution >= 0.6 is 0 Å². The first-order valence-electron chi connectivity index (χ1n) is 4.60. The summed E-state index contributed by atoms with van der Waals surface area (Å²) >= 11 is 0. The van der Waals surface area contributed by atoms with Gasteiger partial charge in [-0.15, -0.1) is 0 Å². The van der Waals surface area contributed by atoms with Gasteiger partial charge in [0.2, 0.25) is 0 Å². The molecule has 0 rings (SSSR count). The minimum atomic E-state index is 0.00330. The largest absolute Gasteiger partial charge is 0.314 e. The van der Waals surface area contributed by atoms with Crippen LogP contribution in [0.3, 0.4) is 0 Å². The minimum absolute atomic E-state index is 0.00330. The molecule has 0 spiro atoms. The van der Waals surface area contributed by atoms with E-state index in [1.807, 2.05) is 0 Å². The summed E-state index contributed by atoms with van der Waals surface area (Å²) in [6.45, 7) is 6.12. The van der Waals surface area contributed by atoms with Crippen molar-refractivity contribution in [3.63, 3.8) is 0 Å². The van der Waals surface area contributed by atoms with E-state index in [-0.39, 0.29) is 6.61 Å². The van der Waals surface area contributed by atoms with Gasteiger partial charge in [0.05, 0.1) is 6.61 Å². The first-order valence-corrected chi connectivity index (χ1v) is 4.60. The Morgan fingerprint density at radius 3 is 2.64 bits per heavy atom. The average Bonchev–Trinajstić information content (AvgIpc) is 2.04. The predicted molar refractivity (Wildman–Crippen MR) is 47.1 cm³/mol. The van der Waals surface area contributed by atoms with Crippen LogP contribution < -0.4 is 5.32 Å². The molecule has 1 N–H and O–H groups in total. The smallest absolute Gasteiger partial charge is 0.0946 e. The summed E-state index contributed by atoms with van der Waals surface area (Å²) in [6.07, 6.45) is 3.75. The SMILES string of the molecule is CCC(C)CCCNCC[O]. The Kier molecular flexibility index (Phi) is 7.96. The quantitative estimate of drug-likeness (QED) is 0.563. The fourth-order valence-corrected chi connectivity index (χ4v) is 0.977. The lowest BCUT2D eigenvalue weighted by atomic mass is 10.0. The molecule has 0 saturated carbocycles. The fourth-order valence-electron chi connectivity index (χ4n) is 0.977. The van der Waals surface area contributed by atoms with Crippen molar-refractivity contribution < 1.29 is 5.11 Å². The Hall–Kier alpha value is -0.0800. The highest BCUT2D eigenvalue weighted by Gasteiger charge is 1.96. The first-order chi connectivity index (χ1) is 5.31. The van der Waals surface area contributed by atoms with Gasteiger partial charge in [-0.25, -0.2) is 5.11 Å². The van der Waals surface area contributed by atoms with Crippen molar-refractivity contribution in [2.24, 2.45) is 5.92 Å². The molecule has 0 bridgehead atoms. The second kappa shape index (κ2) is 8.02. The molecule has 0 aromatic rings. The van der Waals surface area contributed by atoms with Gasteiger partial charge in [-0.3, -0.25) is 0 Å². The van der Waals surface area contributed by atoms with E-state index in [2.05, 4.69) is 19.2 Å². The van der Waals surface area contributed by atoms with E-state index in [0.717, 1.165) is 12.5 Å². The van der Waals surface area contributed by atoms with Crippen molar-refractivity contribution in [3.05, 3.63) is 0 Å². The molecule has 0 heterocycles. The molecule has 1 radical (unpaired) electrons. The summed E-state index contributed by atoms with van der Waals surface area (Å²) in [5.74, 6) is 0.837. The van der Waals surface area contributed by atoms with Crippen LogP contribution in [0.4, 0.5) is 0 Å². The van der Waals surface area contributed by atoms with Gasteiger partial charge >= 0.3 is 0 Å². The molecule has 0 aromatic heterocycles. The lowest BCUT2D eigenvalue weighted by Gasteiger charge is -2.07. The van der Waals surface area contributed by atoms with Gasteiger partial charge < -0.3 is 5.32 Å². The van der Waals surface area contributed by atoms with Crippen LogP contribution in [-0.4, -0.2) is 19.7 Å². The van der Waals surface area contributed by atoms with Crippen molar-refractivity contribution in [2.45, 2.75) is 33.1 Å². The maximum absolute atomic E-state index is 10.0. The van der Waals surface area contributed by atoms with Crippen molar-refractivity contribution in [1.29, 1.82) is 0 Å². The van der Waals surface area contributed by atoms with E-state index in [1.165, 1.54) is 19.3 Å². The highest BCUT2D eigenvalue weighted by atomic mass is 16.3. The number of hydrogen-bond donors (Lipinski definition) is 1. The van der Waals surface area contributed by atoms with E-state index >= 15 is 0 Å². The van der Waals surface area contributed by atoms with Crippen LogP contribution in [0.2, 0.25) is 0 Å². The van der Waals surface area contributed by atoms with Crippen LogP contribution in [0.5, 0.6) is 0 Å². The van der Waals surface area contributed by atoms with Gasteiger partial charge in [0.1, 0.15) is 0 Å². The Labute approximate surface area is 70.0 Å². The summed E-state index contributed by atoms with van der Waals surface area (Å²) in [4.78, 5) is 0. The molecule has 0 aliphatic heterocycles. The van der Waals surface area contributed by atoms with Crippen molar-refractivity contribution in [3.8, 4) is 0 Å². The molecule has 2 heteroatoms. The van der Waals surface area contributed by atoms with Crippen LogP contribution in [0.15, 0.2) is 0 Å². The Morgan fingerprint density at radius 2 is 2.09 bits per heavy atom. The van der Waals surface area contributed by atoms with E-state index in [0.29, 0.717) is 6.54 Å². The molecular formula is C9H20NO. The first kappa shape index (κ1) is 10.9. The fraction of sp³-hybridized carbons (Fsp3) is 1.00. The van der Waals surface area contributed by atoms with Crippen LogP contribution in [-0.2, 0) is 5.11 Å². The molecule has 11 heavy (non-hydrogen) atoms. The van der Waals surface area contributed by atoms with Crippen molar-refractivity contribution in [1.82, 2.24) is 5.32 Å². The molecule has 0 fully saturated rings. The third-order valence-corrected chi connectivity index (χ3v) is 2.03. The maximum Gasteiger partial charge on any atom is 0.0946 e. The van der Waals surface area contributed by atoms with Gasteiger partial charge in [-0.1, -0.05) is 20.3 Å². The number of nitrogens with one attached hydrogen (secondary N) is 1. The molecule has 1 atom stereocenters. The summed E-state index contributed by atoms with van der Waals surface area (Å²) in [6, 6.07) is 0. The third kappa shape index (κ3) is 7.82. The average molecular weight is 158 g/mol. The highest BCUT2D eigenvalue weighted by molar-refractivity contribution is 4.52. The zero-order valence-electron chi connectivity index (χ0n) is 7.73. The highest BCUT2D eigenvalue weighted by Crippen LogP contribution is 2.07. The summed E-state index contributed by atoms with van der Waals surface area (Å²) in [5.41, 5.74) is 0. The molecule has 0 aliphatic rings. The van der Waals surface area contributed by atoms with E-state index < -0.39 is 0 Å². The second-order valence-electron chi connectivity index (χ2n) is 3.11. The molecule has 2 nitrogen and oxygen atoms in total. The standard InChI is InChI=1S/C9H20NO/c1-3-9(2)5-4-6-10-7-8-11/h9-10H,3-8H2,1-2H3. The maximum atomic E-state index is 10.0. The van der Waals surface area contributed by atoms with Gasteiger partial charge in [0.25, 0.3) is 0 Å². The van der Waals surface area contributed by atoms with Crippen LogP contribution in [0, 0.1) is 5.92 Å². The lowest BCUT2D eigenvalue weighted by Crippen LogP contribution is -2.19. The van der Waals surface area contributed by atoms with Gasteiger partial charge in [-0.2, -0.15) is 0 Å². The molecular weight excluding hydrogens is 138 g/mol. The monoisotopic (exact) mass is 158 g/mol. The molecule has 0 amide bonds. The third-order valence-electron chi connectivity index (χ3n) is 2.03. The Balaban J connectivity index is 2.89. The second-order valence-corrected chi connectivity index (χ2v) is 3.11. The summed E-state index contributed by atoms with van der Waals surface area (Å²) in [7, 11) is 0. The van der Waals surface area contributed by atoms with Gasteiger partial charge in [0, 0.05) is 6.54 Å². The Bertz CT molecular complexity index is 76.0. The van der Waals surface area contributed by atoms with E-state index in [4.69, 9.17) is 0 Å². The van der Waals surface area contributed by atoms with Gasteiger partial charge in [0.15, 0.2) is 0 Å². The predicted octanol–water partition coefficient (Wildman–Crippen LogP) is 1.83. The van der Waals surface area contributed by atoms with E-state index in [9.17, 15) is 5.11 Å². The Morgan fingerprint density at radius 1 is 1.36 bits per heavy atom. The molecule has 1 unspecified atom stereocenters. The minimum Gasteiger partial charge on any atom is -0.314 e. The number of rotatable bonds is 7. The van der Waals surface area contributed by atoms with Crippen molar-refractivity contribution in [2.75, 3.05) is 19.7 Å². The molecule has 0 aromatic carbocycles. The van der Waals surface area contributed by atoms with Crippen LogP contribution in [0.25, 0.3) is 0 Å².